The second-order valence-corrected chi connectivity index (χ2v) is 12.6. The number of nitrogen functional groups attached to an aromatic ring is 1. The summed E-state index contributed by atoms with van der Waals surface area (Å²) in [6.45, 7) is 8.52. The van der Waals surface area contributed by atoms with Crippen molar-refractivity contribution in [2.45, 2.75) is 44.8 Å². The van der Waals surface area contributed by atoms with Gasteiger partial charge in [-0.15, -0.1) is 0 Å². The number of carbonyl (C=O) groups excluding carboxylic acids is 1. The number of pyridine rings is 1. The summed E-state index contributed by atoms with van der Waals surface area (Å²) >= 11 is 0. The molecule has 0 bridgehead atoms. The second kappa shape index (κ2) is 12.8. The first kappa shape index (κ1) is 31.1. The van der Waals surface area contributed by atoms with Gasteiger partial charge in [-0.25, -0.2) is 9.78 Å². The molecule has 4 heterocycles. The number of para-hydroxylation sites is 1. The van der Waals surface area contributed by atoms with E-state index >= 15 is 0 Å². The molecular weight excluding hydrogens is 580 g/mol. The van der Waals surface area contributed by atoms with E-state index in [4.69, 9.17) is 10.5 Å². The average molecular weight is 621 g/mol. The van der Waals surface area contributed by atoms with Crippen LogP contribution in [-0.4, -0.2) is 86.1 Å². The number of likely N-dealkylation sites (tertiary alicyclic amines) is 1. The normalized spacial score (nSPS) is 18.2. The van der Waals surface area contributed by atoms with Crippen molar-refractivity contribution in [2.75, 3.05) is 45.5 Å². The number of piperazine rings is 1. The summed E-state index contributed by atoms with van der Waals surface area (Å²) in [6, 6.07) is 20.4. The number of nitrogens with zero attached hydrogens (tertiary/aromatic N) is 7. The summed E-state index contributed by atoms with van der Waals surface area (Å²) in [5, 5.41) is 10.1. The number of rotatable bonds is 8. The maximum absolute atomic E-state index is 14.1. The molecule has 2 N–H and O–H groups in total. The van der Waals surface area contributed by atoms with Crippen molar-refractivity contribution in [1.29, 1.82) is 5.26 Å². The van der Waals surface area contributed by atoms with Gasteiger partial charge < -0.3 is 20.3 Å². The summed E-state index contributed by atoms with van der Waals surface area (Å²) in [5.74, 6) is 1.29. The van der Waals surface area contributed by atoms with Gasteiger partial charge in [-0.1, -0.05) is 18.2 Å². The molecule has 2 aromatic heterocycles. The number of nitriles is 1. The SMILES string of the molecule is CN1CCN(C(C)(C)C=C(C#N)C(=O)N2CCC[C@H]2Cn2c(=O)n(-c3ccc(Oc4ccccc4)cc3)c3c(N)nccc32)CC1. The highest BCUT2D eigenvalue weighted by atomic mass is 16.5. The van der Waals surface area contributed by atoms with E-state index in [2.05, 4.69) is 41.7 Å². The van der Waals surface area contributed by atoms with Gasteiger partial charge in [-0.2, -0.15) is 5.26 Å². The number of hydrogen-bond donors (Lipinski definition) is 1. The predicted octanol–water partition coefficient (Wildman–Crippen LogP) is 4.03. The number of amides is 1. The number of anilines is 1. The van der Waals surface area contributed by atoms with Crippen LogP contribution in [0.25, 0.3) is 16.7 Å². The van der Waals surface area contributed by atoms with Crippen LogP contribution in [0.1, 0.15) is 26.7 Å². The topological polar surface area (TPSA) is 126 Å². The molecule has 11 nitrogen and oxygen atoms in total. The van der Waals surface area contributed by atoms with E-state index in [1.807, 2.05) is 48.5 Å². The Morgan fingerprint density at radius 1 is 1.04 bits per heavy atom. The number of hydrogen-bond acceptors (Lipinski definition) is 8. The first-order chi connectivity index (χ1) is 22.2. The molecule has 0 spiro atoms. The van der Waals surface area contributed by atoms with E-state index in [1.165, 1.54) is 0 Å². The van der Waals surface area contributed by atoms with Crippen LogP contribution in [-0.2, 0) is 11.3 Å². The van der Waals surface area contributed by atoms with Gasteiger partial charge in [-0.05, 0) is 82.3 Å². The molecule has 2 aliphatic heterocycles. The Labute approximate surface area is 268 Å². The third kappa shape index (κ3) is 6.14. The number of imidazole rings is 1. The zero-order valence-corrected chi connectivity index (χ0v) is 26.6. The number of carbonyl (C=O) groups is 1. The molecule has 0 aliphatic carbocycles. The first-order valence-corrected chi connectivity index (χ1v) is 15.7. The van der Waals surface area contributed by atoms with Gasteiger partial charge >= 0.3 is 5.69 Å². The van der Waals surface area contributed by atoms with Crippen molar-refractivity contribution in [3.05, 3.63) is 89.0 Å². The zero-order valence-electron chi connectivity index (χ0n) is 26.6. The predicted molar refractivity (Wildman–Crippen MR) is 178 cm³/mol. The van der Waals surface area contributed by atoms with Gasteiger partial charge in [-0.3, -0.25) is 18.8 Å². The lowest BCUT2D eigenvalue weighted by Gasteiger charge is -2.42. The van der Waals surface area contributed by atoms with Gasteiger partial charge in [0, 0.05) is 51.0 Å². The Balaban J connectivity index is 1.28. The monoisotopic (exact) mass is 620 g/mol. The van der Waals surface area contributed by atoms with Gasteiger partial charge in [0.15, 0.2) is 0 Å². The van der Waals surface area contributed by atoms with E-state index in [0.29, 0.717) is 34.8 Å². The summed E-state index contributed by atoms with van der Waals surface area (Å²) in [6.07, 6.45) is 4.91. The van der Waals surface area contributed by atoms with Crippen LogP contribution >= 0.6 is 0 Å². The fraction of sp³-hybridized carbons (Fsp3) is 0.371. The molecule has 1 amide bonds. The number of nitrogens with two attached hydrogens (primary N) is 1. The standard InChI is InChI=1S/C35H40N8O3/c1-35(2,40-20-18-39(3)19-21-40)22-25(23-36)33(44)41-17-7-8-27(41)24-42-30-15-16-38-32(37)31(30)43(34(42)45)26-11-13-29(14-12-26)46-28-9-5-4-6-10-28/h4-6,9-16,22,27H,7-8,17-21,24H2,1-3H3,(H2,37,38)/t27-/m0/s1. The van der Waals surface area contributed by atoms with Crippen LogP contribution in [0.2, 0.25) is 0 Å². The van der Waals surface area contributed by atoms with E-state index in [1.54, 1.807) is 38.4 Å². The molecule has 0 radical (unpaired) electrons. The van der Waals surface area contributed by atoms with Crippen molar-refractivity contribution < 1.29 is 9.53 Å². The van der Waals surface area contributed by atoms with Gasteiger partial charge in [0.2, 0.25) is 0 Å². The fourth-order valence-corrected chi connectivity index (χ4v) is 6.56. The maximum Gasteiger partial charge on any atom is 0.333 e. The third-order valence-corrected chi connectivity index (χ3v) is 9.14. The van der Waals surface area contributed by atoms with Crippen LogP contribution in [0.4, 0.5) is 5.82 Å². The van der Waals surface area contributed by atoms with Crippen molar-refractivity contribution in [1.82, 2.24) is 28.8 Å². The van der Waals surface area contributed by atoms with Crippen molar-refractivity contribution in [2.24, 2.45) is 0 Å². The lowest BCUT2D eigenvalue weighted by Crippen LogP contribution is -2.53. The number of aromatic nitrogens is 3. The highest BCUT2D eigenvalue weighted by Gasteiger charge is 2.35. The van der Waals surface area contributed by atoms with Crippen LogP contribution in [0.5, 0.6) is 11.5 Å². The molecule has 238 valence electrons. The zero-order chi connectivity index (χ0) is 32.4. The lowest BCUT2D eigenvalue weighted by molar-refractivity contribution is -0.127. The van der Waals surface area contributed by atoms with Gasteiger partial charge in [0.1, 0.15) is 34.5 Å². The molecule has 0 unspecified atom stereocenters. The third-order valence-electron chi connectivity index (χ3n) is 9.14. The van der Waals surface area contributed by atoms with E-state index in [9.17, 15) is 14.9 Å². The summed E-state index contributed by atoms with van der Waals surface area (Å²) in [5.41, 5.74) is 7.52. The molecular formula is C35H40N8O3. The number of fused-ring (bicyclic) bond motifs is 1. The number of likely N-dealkylation sites (N-methyl/N-ethyl adjacent to an activating group) is 1. The molecule has 1 atom stereocenters. The highest BCUT2D eigenvalue weighted by molar-refractivity contribution is 5.98. The van der Waals surface area contributed by atoms with Crippen LogP contribution in [0, 0.1) is 11.3 Å². The molecule has 6 rings (SSSR count). The van der Waals surface area contributed by atoms with Gasteiger partial charge in [0.05, 0.1) is 17.2 Å². The Kier molecular flexibility index (Phi) is 8.67. The second-order valence-electron chi connectivity index (χ2n) is 12.6. The molecule has 2 aliphatic rings. The minimum atomic E-state index is -0.451. The highest BCUT2D eigenvalue weighted by Crippen LogP contribution is 2.28. The molecule has 11 heteroatoms. The quantitative estimate of drug-likeness (QED) is 0.231. The Bertz CT molecular complexity index is 1840. The van der Waals surface area contributed by atoms with E-state index in [0.717, 1.165) is 39.0 Å². The lowest BCUT2D eigenvalue weighted by atomic mass is 9.97. The number of ether oxygens (including phenoxy) is 1. The average Bonchev–Trinajstić information content (AvgIpc) is 3.63. The molecule has 46 heavy (non-hydrogen) atoms. The molecule has 2 aromatic carbocycles. The van der Waals surface area contributed by atoms with Crippen molar-refractivity contribution in [3.63, 3.8) is 0 Å². The van der Waals surface area contributed by atoms with E-state index in [-0.39, 0.29) is 35.6 Å². The van der Waals surface area contributed by atoms with Crippen LogP contribution < -0.4 is 16.2 Å². The Morgan fingerprint density at radius 2 is 1.74 bits per heavy atom. The summed E-state index contributed by atoms with van der Waals surface area (Å²) in [7, 11) is 2.10. The molecule has 2 saturated heterocycles. The number of benzene rings is 2. The molecule has 4 aromatic rings. The Morgan fingerprint density at radius 3 is 2.43 bits per heavy atom. The summed E-state index contributed by atoms with van der Waals surface area (Å²) < 4.78 is 9.17. The smallest absolute Gasteiger partial charge is 0.333 e. The van der Waals surface area contributed by atoms with Crippen molar-refractivity contribution >= 4 is 22.8 Å². The maximum atomic E-state index is 14.1. The molecule has 0 saturated carbocycles. The fourth-order valence-electron chi connectivity index (χ4n) is 6.56. The largest absolute Gasteiger partial charge is 0.457 e. The summed E-state index contributed by atoms with van der Waals surface area (Å²) in [4.78, 5) is 38.6. The van der Waals surface area contributed by atoms with Crippen LogP contribution in [0.15, 0.2) is 83.3 Å². The van der Waals surface area contributed by atoms with Crippen molar-refractivity contribution in [3.8, 4) is 23.3 Å². The van der Waals surface area contributed by atoms with Crippen LogP contribution in [0.3, 0.4) is 0 Å². The Hall–Kier alpha value is -4.92. The van der Waals surface area contributed by atoms with E-state index < -0.39 is 5.54 Å². The minimum Gasteiger partial charge on any atom is -0.457 e. The van der Waals surface area contributed by atoms with Gasteiger partial charge in [0.25, 0.3) is 5.91 Å². The first-order valence-electron chi connectivity index (χ1n) is 15.7. The molecule has 2 fully saturated rings. The minimum absolute atomic E-state index is 0.136.